The first kappa shape index (κ1) is 11.3. The summed E-state index contributed by atoms with van der Waals surface area (Å²) in [5.74, 6) is 0.845. The first-order valence-electron chi connectivity index (χ1n) is 4.63. The Morgan fingerprint density at radius 2 is 1.93 bits per heavy atom. The van der Waals surface area contributed by atoms with Crippen LogP contribution >= 0.6 is 11.6 Å². The van der Waals surface area contributed by atoms with Crippen LogP contribution in [0.25, 0.3) is 0 Å². The molecular formula is C11H15ClO2. The third-order valence-corrected chi connectivity index (χ3v) is 2.13. The number of methoxy groups -OCH3 is 1. The van der Waals surface area contributed by atoms with Crippen molar-refractivity contribution >= 4 is 11.6 Å². The zero-order valence-corrected chi connectivity index (χ0v) is 9.25. The second kappa shape index (κ2) is 5.89. The third-order valence-electron chi connectivity index (χ3n) is 1.88. The van der Waals surface area contributed by atoms with Gasteiger partial charge in [-0.3, -0.25) is 0 Å². The zero-order valence-electron chi connectivity index (χ0n) is 8.50. The Kier molecular flexibility index (Phi) is 4.77. The van der Waals surface area contributed by atoms with Gasteiger partial charge in [-0.15, -0.1) is 0 Å². The van der Waals surface area contributed by atoms with Gasteiger partial charge in [0.1, 0.15) is 5.75 Å². The maximum atomic E-state index is 5.76. The molecule has 0 aromatic heterocycles. The van der Waals surface area contributed by atoms with Crippen molar-refractivity contribution in [2.45, 2.75) is 19.4 Å². The summed E-state index contributed by atoms with van der Waals surface area (Å²) in [6.07, 6.45) is 1.05. The average molecular weight is 215 g/mol. The fourth-order valence-electron chi connectivity index (χ4n) is 1.09. The first-order chi connectivity index (χ1) is 6.72. The molecule has 1 atom stereocenters. The maximum Gasteiger partial charge on any atom is 0.119 e. The van der Waals surface area contributed by atoms with E-state index in [1.54, 1.807) is 7.11 Å². The second-order valence-electron chi connectivity index (χ2n) is 3.16. The van der Waals surface area contributed by atoms with Gasteiger partial charge in [0.2, 0.25) is 0 Å². The van der Waals surface area contributed by atoms with Gasteiger partial charge in [-0.25, -0.2) is 0 Å². The summed E-state index contributed by atoms with van der Waals surface area (Å²) in [6.45, 7) is 2.74. The minimum Gasteiger partial charge on any atom is -0.491 e. The van der Waals surface area contributed by atoms with Crippen LogP contribution in [0.5, 0.6) is 5.75 Å². The number of hydrogen-bond donors (Lipinski definition) is 0. The molecule has 78 valence electrons. The molecule has 2 nitrogen and oxygen atoms in total. The Morgan fingerprint density at radius 3 is 2.50 bits per heavy atom. The lowest BCUT2D eigenvalue weighted by atomic mass is 10.3. The SMILES string of the molecule is COCCC(C)Oc1ccc(Cl)cc1. The molecule has 0 saturated carbocycles. The molecule has 0 aliphatic carbocycles. The van der Waals surface area contributed by atoms with Crippen LogP contribution in [0, 0.1) is 0 Å². The predicted octanol–water partition coefficient (Wildman–Crippen LogP) is 3.14. The van der Waals surface area contributed by atoms with Crippen LogP contribution in [0.1, 0.15) is 13.3 Å². The van der Waals surface area contributed by atoms with Crippen molar-refractivity contribution in [3.63, 3.8) is 0 Å². The monoisotopic (exact) mass is 214 g/mol. The molecule has 0 bridgehead atoms. The smallest absolute Gasteiger partial charge is 0.119 e. The molecule has 1 rings (SSSR count). The molecule has 1 aromatic rings. The van der Waals surface area contributed by atoms with Crippen LogP contribution in [0.3, 0.4) is 0 Å². The molecule has 1 aromatic carbocycles. The molecule has 0 N–H and O–H groups in total. The lowest BCUT2D eigenvalue weighted by molar-refractivity contribution is 0.135. The van der Waals surface area contributed by atoms with E-state index in [0.29, 0.717) is 0 Å². The summed E-state index contributed by atoms with van der Waals surface area (Å²) in [7, 11) is 1.69. The van der Waals surface area contributed by atoms with E-state index in [0.717, 1.165) is 23.8 Å². The van der Waals surface area contributed by atoms with E-state index in [-0.39, 0.29) is 6.10 Å². The quantitative estimate of drug-likeness (QED) is 0.750. The second-order valence-corrected chi connectivity index (χ2v) is 3.60. The number of benzene rings is 1. The molecule has 14 heavy (non-hydrogen) atoms. The summed E-state index contributed by atoms with van der Waals surface area (Å²) in [6, 6.07) is 7.37. The van der Waals surface area contributed by atoms with Crippen molar-refractivity contribution in [1.29, 1.82) is 0 Å². The number of rotatable bonds is 5. The molecule has 0 aliphatic rings. The Balaban J connectivity index is 2.39. The molecule has 0 aliphatic heterocycles. The molecule has 0 heterocycles. The number of halogens is 1. The fourth-order valence-corrected chi connectivity index (χ4v) is 1.21. The minimum atomic E-state index is 0.163. The van der Waals surface area contributed by atoms with E-state index in [9.17, 15) is 0 Å². The predicted molar refractivity (Wildman–Crippen MR) is 58.0 cm³/mol. The Bertz CT molecular complexity index is 258. The summed E-state index contributed by atoms with van der Waals surface area (Å²) >= 11 is 5.76. The van der Waals surface area contributed by atoms with Crippen LogP contribution in [0.2, 0.25) is 5.02 Å². The Morgan fingerprint density at radius 1 is 1.29 bits per heavy atom. The van der Waals surface area contributed by atoms with Crippen LogP contribution in [-0.4, -0.2) is 19.8 Å². The topological polar surface area (TPSA) is 18.5 Å². The van der Waals surface area contributed by atoms with Crippen LogP contribution in [0.4, 0.5) is 0 Å². The highest BCUT2D eigenvalue weighted by Gasteiger charge is 2.02. The lowest BCUT2D eigenvalue weighted by Gasteiger charge is -2.13. The van der Waals surface area contributed by atoms with Gasteiger partial charge in [-0.05, 0) is 31.2 Å². The minimum absolute atomic E-state index is 0.163. The lowest BCUT2D eigenvalue weighted by Crippen LogP contribution is -2.13. The number of ether oxygens (including phenoxy) is 2. The van der Waals surface area contributed by atoms with Gasteiger partial charge in [0.25, 0.3) is 0 Å². The maximum absolute atomic E-state index is 5.76. The van der Waals surface area contributed by atoms with Gasteiger partial charge in [0.15, 0.2) is 0 Å². The molecule has 0 fully saturated rings. The molecular weight excluding hydrogens is 200 g/mol. The number of hydrogen-bond acceptors (Lipinski definition) is 2. The van der Waals surface area contributed by atoms with E-state index >= 15 is 0 Å². The molecule has 1 unspecified atom stereocenters. The zero-order chi connectivity index (χ0) is 10.4. The van der Waals surface area contributed by atoms with Crippen molar-refractivity contribution in [2.24, 2.45) is 0 Å². The van der Waals surface area contributed by atoms with Gasteiger partial charge >= 0.3 is 0 Å². The average Bonchev–Trinajstić information content (AvgIpc) is 2.18. The summed E-state index contributed by atoms with van der Waals surface area (Å²) < 4.78 is 10.6. The van der Waals surface area contributed by atoms with Crippen molar-refractivity contribution in [3.05, 3.63) is 29.3 Å². The Hall–Kier alpha value is -0.730. The van der Waals surface area contributed by atoms with Crippen molar-refractivity contribution in [3.8, 4) is 5.75 Å². The van der Waals surface area contributed by atoms with E-state index in [1.807, 2.05) is 31.2 Å². The Labute approximate surface area is 89.8 Å². The largest absolute Gasteiger partial charge is 0.491 e. The normalized spacial score (nSPS) is 12.5. The van der Waals surface area contributed by atoms with E-state index < -0.39 is 0 Å². The van der Waals surface area contributed by atoms with E-state index in [4.69, 9.17) is 21.1 Å². The van der Waals surface area contributed by atoms with E-state index in [2.05, 4.69) is 0 Å². The first-order valence-corrected chi connectivity index (χ1v) is 5.01. The van der Waals surface area contributed by atoms with Gasteiger partial charge in [0, 0.05) is 25.2 Å². The van der Waals surface area contributed by atoms with Gasteiger partial charge in [0.05, 0.1) is 6.10 Å². The van der Waals surface area contributed by atoms with Crippen LogP contribution in [-0.2, 0) is 4.74 Å². The standard InChI is InChI=1S/C11H15ClO2/c1-9(7-8-13-2)14-11-5-3-10(12)4-6-11/h3-6,9H,7-8H2,1-2H3. The fraction of sp³-hybridized carbons (Fsp3) is 0.455. The molecule has 3 heteroatoms. The van der Waals surface area contributed by atoms with Gasteiger partial charge < -0.3 is 9.47 Å². The summed E-state index contributed by atoms with van der Waals surface area (Å²) in [4.78, 5) is 0. The molecule has 0 amide bonds. The van der Waals surface area contributed by atoms with Crippen LogP contribution in [0.15, 0.2) is 24.3 Å². The third kappa shape index (κ3) is 3.99. The summed E-state index contributed by atoms with van der Waals surface area (Å²) in [5, 5.41) is 0.724. The molecule has 0 spiro atoms. The van der Waals surface area contributed by atoms with Crippen LogP contribution < -0.4 is 4.74 Å². The molecule has 0 radical (unpaired) electrons. The highest BCUT2D eigenvalue weighted by Crippen LogP contribution is 2.17. The summed E-state index contributed by atoms with van der Waals surface area (Å²) in [5.41, 5.74) is 0. The van der Waals surface area contributed by atoms with Crippen molar-refractivity contribution in [1.82, 2.24) is 0 Å². The van der Waals surface area contributed by atoms with Crippen molar-refractivity contribution in [2.75, 3.05) is 13.7 Å². The van der Waals surface area contributed by atoms with E-state index in [1.165, 1.54) is 0 Å². The van der Waals surface area contributed by atoms with Gasteiger partial charge in [-0.2, -0.15) is 0 Å². The highest BCUT2D eigenvalue weighted by molar-refractivity contribution is 6.30. The van der Waals surface area contributed by atoms with Crippen molar-refractivity contribution < 1.29 is 9.47 Å². The van der Waals surface area contributed by atoms with Gasteiger partial charge in [-0.1, -0.05) is 11.6 Å². The molecule has 0 saturated heterocycles. The highest BCUT2D eigenvalue weighted by atomic mass is 35.5.